The van der Waals surface area contributed by atoms with E-state index >= 15 is 4.39 Å². The highest BCUT2D eigenvalue weighted by atomic mass is 19.1. The summed E-state index contributed by atoms with van der Waals surface area (Å²) >= 11 is 0. The smallest absolute Gasteiger partial charge is 0.247 e. The van der Waals surface area contributed by atoms with Gasteiger partial charge in [0.2, 0.25) is 11.9 Å². The van der Waals surface area contributed by atoms with Crippen LogP contribution in [0.3, 0.4) is 0 Å². The van der Waals surface area contributed by atoms with Crippen molar-refractivity contribution < 1.29 is 14.0 Å². The Morgan fingerprint density at radius 3 is 2.55 bits per heavy atom. The lowest BCUT2D eigenvalue weighted by Gasteiger charge is -2.35. The van der Waals surface area contributed by atoms with Crippen LogP contribution in [0.25, 0.3) is 22.0 Å². The number of para-hydroxylation sites is 1. The van der Waals surface area contributed by atoms with E-state index in [0.717, 1.165) is 41.4 Å². The van der Waals surface area contributed by atoms with Gasteiger partial charge in [0.15, 0.2) is 0 Å². The number of hydrogen-bond acceptors (Lipinski definition) is 8. The summed E-state index contributed by atoms with van der Waals surface area (Å²) in [5, 5.41) is 6.75. The zero-order chi connectivity index (χ0) is 28.5. The summed E-state index contributed by atoms with van der Waals surface area (Å²) in [5.74, 6) is -0.276. The van der Waals surface area contributed by atoms with E-state index in [4.69, 9.17) is 4.98 Å². The molecule has 0 saturated carbocycles. The predicted molar refractivity (Wildman–Crippen MR) is 158 cm³/mol. The van der Waals surface area contributed by atoms with Crippen molar-refractivity contribution >= 4 is 46.1 Å². The van der Waals surface area contributed by atoms with Gasteiger partial charge in [-0.15, -0.1) is 0 Å². The Morgan fingerprint density at radius 2 is 1.82 bits per heavy atom. The highest BCUT2D eigenvalue weighted by Gasteiger charge is 2.19. The van der Waals surface area contributed by atoms with Crippen LogP contribution in [0.15, 0.2) is 79.5 Å². The average molecular weight is 542 g/mol. The number of hydrogen-bond donors (Lipinski definition) is 3. The lowest BCUT2D eigenvalue weighted by molar-refractivity contribution is -0.112. The Hall–Kier alpha value is -4.67. The van der Waals surface area contributed by atoms with Gasteiger partial charge in [0, 0.05) is 54.7 Å². The summed E-state index contributed by atoms with van der Waals surface area (Å²) in [4.78, 5) is 35.7. The molecule has 40 heavy (non-hydrogen) atoms. The third-order valence-electron chi connectivity index (χ3n) is 6.49. The number of aldehydes is 1. The van der Waals surface area contributed by atoms with Gasteiger partial charge >= 0.3 is 0 Å². The Bertz CT molecular complexity index is 1500. The van der Waals surface area contributed by atoms with Crippen molar-refractivity contribution in [3.05, 3.63) is 85.3 Å². The minimum absolute atomic E-state index is 0.285. The number of benzene rings is 3. The van der Waals surface area contributed by atoms with Gasteiger partial charge in [0.1, 0.15) is 12.1 Å². The second-order valence-corrected chi connectivity index (χ2v) is 8.96. The van der Waals surface area contributed by atoms with Gasteiger partial charge in [0.05, 0.1) is 17.7 Å². The summed E-state index contributed by atoms with van der Waals surface area (Å²) in [5.41, 5.74) is 8.70. The minimum atomic E-state index is -0.335. The first-order chi connectivity index (χ1) is 19.5. The second-order valence-electron chi connectivity index (χ2n) is 8.96. The largest absolute Gasteiger partial charge is 0.367 e. The average Bonchev–Trinajstić information content (AvgIpc) is 2.99. The number of nitrogens with zero attached hydrogens (tertiary/aromatic N) is 4. The molecule has 0 spiro atoms. The minimum Gasteiger partial charge on any atom is -0.367 e. The van der Waals surface area contributed by atoms with Gasteiger partial charge in [-0.3, -0.25) is 9.69 Å². The van der Waals surface area contributed by atoms with E-state index in [1.165, 1.54) is 19.2 Å². The van der Waals surface area contributed by atoms with Gasteiger partial charge in [0.25, 0.3) is 0 Å². The number of aromatic nitrogens is 2. The molecule has 206 valence electrons. The van der Waals surface area contributed by atoms with E-state index in [1.807, 2.05) is 41.3 Å². The fraction of sp³-hybridized carbons (Fsp3) is 0.200. The van der Waals surface area contributed by atoms with Crippen molar-refractivity contribution in [3.8, 4) is 11.1 Å². The number of piperazine rings is 1. The van der Waals surface area contributed by atoms with E-state index < -0.39 is 0 Å². The van der Waals surface area contributed by atoms with E-state index in [0.29, 0.717) is 42.6 Å². The molecule has 4 aromatic rings. The fourth-order valence-electron chi connectivity index (χ4n) is 4.55. The lowest BCUT2D eigenvalue weighted by atomic mass is 10.0. The van der Waals surface area contributed by atoms with Gasteiger partial charge < -0.3 is 26.1 Å². The molecule has 0 aliphatic carbocycles. The Kier molecular flexibility index (Phi) is 9.50. The molecule has 4 N–H and O–H groups in total. The summed E-state index contributed by atoms with van der Waals surface area (Å²) in [6, 6.07) is 18.3. The molecule has 3 aromatic carbocycles. The molecule has 0 atom stereocenters. The molecule has 9 nitrogen and oxygen atoms in total. The third-order valence-corrected chi connectivity index (χ3v) is 6.49. The molecule has 0 bridgehead atoms. The number of nitrogens with two attached hydrogens (primary N) is 1. The van der Waals surface area contributed by atoms with Crippen LogP contribution in [0.5, 0.6) is 0 Å². The fourth-order valence-corrected chi connectivity index (χ4v) is 4.55. The van der Waals surface area contributed by atoms with Crippen molar-refractivity contribution in [3.63, 3.8) is 0 Å². The van der Waals surface area contributed by atoms with E-state index in [9.17, 15) is 9.59 Å². The summed E-state index contributed by atoms with van der Waals surface area (Å²) < 4.78 is 15.0. The Labute approximate surface area is 232 Å². The second kappa shape index (κ2) is 13.4. The monoisotopic (exact) mass is 541 g/mol. The van der Waals surface area contributed by atoms with Crippen LogP contribution in [0, 0.1) is 5.82 Å². The van der Waals surface area contributed by atoms with E-state index in [1.54, 1.807) is 24.4 Å². The molecule has 1 aliphatic heterocycles. The Morgan fingerprint density at radius 1 is 1.05 bits per heavy atom. The maximum atomic E-state index is 15.0. The molecule has 0 unspecified atom stereocenters. The predicted octanol–water partition coefficient (Wildman–Crippen LogP) is 4.20. The number of carbonyl (C=O) groups excluding carboxylic acids is 2. The third kappa shape index (κ3) is 6.66. The first-order valence-electron chi connectivity index (χ1n) is 12.9. The number of fused-ring (bicyclic) bond motifs is 1. The van der Waals surface area contributed by atoms with Crippen molar-refractivity contribution in [2.45, 2.75) is 0 Å². The molecule has 1 fully saturated rings. The number of nitrogens with one attached hydrogen (secondary N) is 2. The molecule has 1 aliphatic rings. The molecule has 1 saturated heterocycles. The maximum Gasteiger partial charge on any atom is 0.247 e. The maximum absolute atomic E-state index is 15.0. The van der Waals surface area contributed by atoms with Crippen molar-refractivity contribution in [1.29, 1.82) is 0 Å². The molecule has 1 aromatic heterocycles. The SMILES string of the molecule is C=CC(=O)Nc1cccc(-c2cccc3cnc(Nc4ccc(N5CCN(CC=O)CC5)c(F)c4)nc23)c1.CN. The van der Waals surface area contributed by atoms with Crippen LogP contribution >= 0.6 is 0 Å². The topological polar surface area (TPSA) is 116 Å². The van der Waals surface area contributed by atoms with Crippen molar-refractivity contribution in [2.24, 2.45) is 5.73 Å². The zero-order valence-corrected chi connectivity index (χ0v) is 22.3. The summed E-state index contributed by atoms with van der Waals surface area (Å²) in [6.45, 7) is 6.65. The molecule has 5 rings (SSSR count). The highest BCUT2D eigenvalue weighted by molar-refractivity contribution is 6.00. The van der Waals surface area contributed by atoms with Crippen molar-refractivity contribution in [2.75, 3.05) is 55.3 Å². The number of anilines is 4. The molecule has 1 amide bonds. The highest BCUT2D eigenvalue weighted by Crippen LogP contribution is 2.30. The van der Waals surface area contributed by atoms with Crippen LogP contribution in [0.4, 0.5) is 27.4 Å². The quantitative estimate of drug-likeness (QED) is 0.225. The first-order valence-corrected chi connectivity index (χ1v) is 12.9. The van der Waals surface area contributed by atoms with E-state index in [2.05, 4.69) is 32.8 Å². The van der Waals surface area contributed by atoms with Crippen LogP contribution in [0.2, 0.25) is 0 Å². The zero-order valence-electron chi connectivity index (χ0n) is 22.3. The van der Waals surface area contributed by atoms with Crippen LogP contribution in [0.1, 0.15) is 0 Å². The van der Waals surface area contributed by atoms with Gasteiger partial charge in [-0.1, -0.05) is 36.9 Å². The van der Waals surface area contributed by atoms with Crippen molar-refractivity contribution in [1.82, 2.24) is 14.9 Å². The lowest BCUT2D eigenvalue weighted by Crippen LogP contribution is -2.47. The molecular weight excluding hydrogens is 509 g/mol. The van der Waals surface area contributed by atoms with Crippen LogP contribution < -0.4 is 21.3 Å². The number of amides is 1. The molecule has 2 heterocycles. The normalized spacial score (nSPS) is 13.2. The standard InChI is InChI=1S/C29H27FN6O2.CH5N/c1-2-27(38)32-22-7-3-5-20(17-22)24-8-4-6-21-19-31-29(34-28(21)24)33-23-9-10-26(25(30)18-23)36-13-11-35(12-14-36)15-16-37;1-2/h2-10,16-19H,1,11-15H2,(H,32,38)(H,31,33,34);2H2,1H3. The Balaban J connectivity index is 0.00000181. The number of carbonyl (C=O) groups is 2. The van der Waals surface area contributed by atoms with Gasteiger partial charge in [-0.25, -0.2) is 14.4 Å². The number of halogens is 1. The van der Waals surface area contributed by atoms with Gasteiger partial charge in [-0.05, 0) is 49.0 Å². The van der Waals surface area contributed by atoms with Gasteiger partial charge in [-0.2, -0.15) is 0 Å². The summed E-state index contributed by atoms with van der Waals surface area (Å²) in [7, 11) is 1.50. The van der Waals surface area contributed by atoms with Crippen LogP contribution in [-0.2, 0) is 9.59 Å². The molecule has 0 radical (unpaired) electrons. The van der Waals surface area contributed by atoms with E-state index in [-0.39, 0.29) is 11.7 Å². The molecular formula is C30H32FN7O2. The molecule has 10 heteroatoms. The van der Waals surface area contributed by atoms with Crippen LogP contribution in [-0.4, -0.2) is 66.8 Å². The first kappa shape index (κ1) is 28.3. The number of rotatable bonds is 8. The summed E-state index contributed by atoms with van der Waals surface area (Å²) in [6.07, 6.45) is 3.84.